The molecule has 110 valence electrons. The molecule has 21 heavy (non-hydrogen) atoms. The summed E-state index contributed by atoms with van der Waals surface area (Å²) in [5.41, 5.74) is 2.18. The van der Waals surface area contributed by atoms with Gasteiger partial charge in [0, 0.05) is 35.9 Å². The van der Waals surface area contributed by atoms with E-state index in [0.717, 1.165) is 49.3 Å². The molecule has 0 atom stereocenters. The molecule has 0 bridgehead atoms. The van der Waals surface area contributed by atoms with Gasteiger partial charge < -0.3 is 15.6 Å². The summed E-state index contributed by atoms with van der Waals surface area (Å²) in [4.78, 5) is 14.3. The van der Waals surface area contributed by atoms with Gasteiger partial charge in [-0.25, -0.2) is 0 Å². The monoisotopic (exact) mass is 396 g/mol. The van der Waals surface area contributed by atoms with Crippen LogP contribution in [0.1, 0.15) is 0 Å². The number of rotatable bonds is 1. The third-order valence-corrected chi connectivity index (χ3v) is 3.56. The highest BCUT2D eigenvalue weighted by molar-refractivity contribution is 14.0. The molecule has 6 nitrogen and oxygen atoms in total. The zero-order chi connectivity index (χ0) is 13.4. The van der Waals surface area contributed by atoms with E-state index >= 15 is 0 Å². The molecule has 4 rings (SSSR count). The van der Waals surface area contributed by atoms with E-state index in [1.807, 2.05) is 6.20 Å². The lowest BCUT2D eigenvalue weighted by Gasteiger charge is -2.20. The minimum atomic E-state index is 0. The SMILES string of the molecule is I.c1cc2cc(NC3=NCCN3C3=NCCN3)ccc2[nH]1. The Morgan fingerprint density at radius 3 is 2.95 bits per heavy atom. The second-order valence-corrected chi connectivity index (χ2v) is 4.89. The molecule has 2 aromatic rings. The topological polar surface area (TPSA) is 67.8 Å². The molecule has 3 heterocycles. The summed E-state index contributed by atoms with van der Waals surface area (Å²) in [6, 6.07) is 8.32. The van der Waals surface area contributed by atoms with Gasteiger partial charge in [0.15, 0.2) is 0 Å². The second-order valence-electron chi connectivity index (χ2n) is 4.89. The molecular weight excluding hydrogens is 379 g/mol. The van der Waals surface area contributed by atoms with E-state index in [1.54, 1.807) is 0 Å². The van der Waals surface area contributed by atoms with E-state index < -0.39 is 0 Å². The van der Waals surface area contributed by atoms with Crippen LogP contribution in [0.5, 0.6) is 0 Å². The Bertz CT molecular complexity index is 704. The van der Waals surface area contributed by atoms with E-state index in [9.17, 15) is 0 Å². The first kappa shape index (κ1) is 14.2. The van der Waals surface area contributed by atoms with Gasteiger partial charge in [-0.05, 0) is 24.3 Å². The average Bonchev–Trinajstić information content (AvgIpc) is 3.19. The first-order valence-electron chi connectivity index (χ1n) is 6.85. The maximum atomic E-state index is 4.53. The quantitative estimate of drug-likeness (QED) is 0.645. The Kier molecular flexibility index (Phi) is 4.00. The number of fused-ring (bicyclic) bond motifs is 1. The van der Waals surface area contributed by atoms with E-state index in [2.05, 4.69) is 54.8 Å². The average molecular weight is 396 g/mol. The van der Waals surface area contributed by atoms with Crippen molar-refractivity contribution in [2.75, 3.05) is 31.5 Å². The summed E-state index contributed by atoms with van der Waals surface area (Å²) in [6.07, 6.45) is 1.95. The van der Waals surface area contributed by atoms with E-state index in [0.29, 0.717) is 0 Å². The van der Waals surface area contributed by atoms with Crippen LogP contribution < -0.4 is 10.6 Å². The molecule has 3 N–H and O–H groups in total. The number of anilines is 1. The van der Waals surface area contributed by atoms with E-state index in [-0.39, 0.29) is 24.0 Å². The van der Waals surface area contributed by atoms with Crippen LogP contribution in [0.25, 0.3) is 10.9 Å². The van der Waals surface area contributed by atoms with Gasteiger partial charge in [0.05, 0.1) is 13.1 Å². The maximum Gasteiger partial charge on any atom is 0.205 e. The van der Waals surface area contributed by atoms with Crippen molar-refractivity contribution in [1.82, 2.24) is 15.2 Å². The number of aromatic nitrogens is 1. The highest BCUT2D eigenvalue weighted by Crippen LogP contribution is 2.19. The number of aliphatic imine (C=N–C) groups is 2. The number of nitrogens with zero attached hydrogens (tertiary/aromatic N) is 3. The first-order chi connectivity index (χ1) is 9.90. The smallest absolute Gasteiger partial charge is 0.205 e. The van der Waals surface area contributed by atoms with Crippen LogP contribution in [0.15, 0.2) is 40.4 Å². The largest absolute Gasteiger partial charge is 0.361 e. The van der Waals surface area contributed by atoms with Gasteiger partial charge in [-0.2, -0.15) is 0 Å². The molecule has 0 radical (unpaired) electrons. The van der Waals surface area contributed by atoms with Gasteiger partial charge in [-0.15, -0.1) is 24.0 Å². The fraction of sp³-hybridized carbons (Fsp3) is 0.286. The van der Waals surface area contributed by atoms with Crippen molar-refractivity contribution >= 4 is 52.5 Å². The third kappa shape index (κ3) is 2.69. The summed E-state index contributed by atoms with van der Waals surface area (Å²) < 4.78 is 0. The summed E-state index contributed by atoms with van der Waals surface area (Å²) in [5, 5.41) is 7.87. The maximum absolute atomic E-state index is 4.53. The standard InChI is InChI=1S/C14H16N6.HI/c1-2-12-10(3-4-15-12)9-11(1)19-14-18-7-8-20(14)13-16-5-6-17-13;/h1-4,9,15H,5-8H2,(H,16,17)(H,18,19);1H. The predicted molar refractivity (Wildman–Crippen MR) is 96.6 cm³/mol. The number of hydrogen-bond acceptors (Lipinski definition) is 5. The molecule has 2 aliphatic heterocycles. The summed E-state index contributed by atoms with van der Waals surface area (Å²) in [7, 11) is 0. The molecule has 7 heteroatoms. The Morgan fingerprint density at radius 2 is 2.10 bits per heavy atom. The second kappa shape index (κ2) is 5.92. The minimum Gasteiger partial charge on any atom is -0.361 e. The normalized spacial score (nSPS) is 17.2. The van der Waals surface area contributed by atoms with Crippen molar-refractivity contribution in [3.05, 3.63) is 30.5 Å². The minimum absolute atomic E-state index is 0. The third-order valence-electron chi connectivity index (χ3n) is 3.56. The van der Waals surface area contributed by atoms with Crippen LogP contribution >= 0.6 is 24.0 Å². The molecule has 0 aliphatic carbocycles. The molecule has 2 aliphatic rings. The number of halogens is 1. The number of benzene rings is 1. The molecule has 0 fully saturated rings. The molecule has 1 aromatic carbocycles. The zero-order valence-electron chi connectivity index (χ0n) is 11.5. The summed E-state index contributed by atoms with van der Waals surface area (Å²) in [5.74, 6) is 1.80. The summed E-state index contributed by atoms with van der Waals surface area (Å²) in [6.45, 7) is 3.43. The number of aromatic amines is 1. The van der Waals surface area contributed by atoms with Crippen LogP contribution in [-0.4, -0.2) is 48.0 Å². The number of H-pyrrole nitrogens is 1. The highest BCUT2D eigenvalue weighted by Gasteiger charge is 2.23. The Balaban J connectivity index is 0.00000132. The van der Waals surface area contributed by atoms with Gasteiger partial charge in [-0.3, -0.25) is 14.9 Å². The molecule has 0 saturated heterocycles. The summed E-state index contributed by atoms with van der Waals surface area (Å²) >= 11 is 0. The first-order valence-corrected chi connectivity index (χ1v) is 6.85. The van der Waals surface area contributed by atoms with Gasteiger partial charge >= 0.3 is 0 Å². The van der Waals surface area contributed by atoms with Gasteiger partial charge in [-0.1, -0.05) is 0 Å². The van der Waals surface area contributed by atoms with Crippen molar-refractivity contribution in [2.24, 2.45) is 9.98 Å². The van der Waals surface area contributed by atoms with Crippen LogP contribution in [0.2, 0.25) is 0 Å². The van der Waals surface area contributed by atoms with E-state index in [1.165, 1.54) is 5.39 Å². The molecule has 0 saturated carbocycles. The lowest BCUT2D eigenvalue weighted by molar-refractivity contribution is 0.642. The predicted octanol–water partition coefficient (Wildman–Crippen LogP) is 1.83. The van der Waals surface area contributed by atoms with Crippen molar-refractivity contribution in [3.8, 4) is 0 Å². The highest BCUT2D eigenvalue weighted by atomic mass is 127. The number of guanidine groups is 2. The number of nitrogens with one attached hydrogen (secondary N) is 3. The fourth-order valence-corrected chi connectivity index (χ4v) is 2.59. The number of hydrogen-bond donors (Lipinski definition) is 3. The fourth-order valence-electron chi connectivity index (χ4n) is 2.59. The lowest BCUT2D eigenvalue weighted by atomic mass is 10.2. The molecule has 0 unspecified atom stereocenters. The van der Waals surface area contributed by atoms with Crippen LogP contribution in [-0.2, 0) is 0 Å². The molecular formula is C14H17IN6. The van der Waals surface area contributed by atoms with E-state index in [4.69, 9.17) is 0 Å². The van der Waals surface area contributed by atoms with Crippen LogP contribution in [0.4, 0.5) is 5.69 Å². The van der Waals surface area contributed by atoms with Crippen molar-refractivity contribution in [2.45, 2.75) is 0 Å². The van der Waals surface area contributed by atoms with Crippen molar-refractivity contribution in [1.29, 1.82) is 0 Å². The van der Waals surface area contributed by atoms with Crippen molar-refractivity contribution < 1.29 is 0 Å². The molecule has 1 aromatic heterocycles. The van der Waals surface area contributed by atoms with Gasteiger partial charge in [0.25, 0.3) is 0 Å². The Hall–Kier alpha value is -1.77. The van der Waals surface area contributed by atoms with Crippen molar-refractivity contribution in [3.63, 3.8) is 0 Å². The van der Waals surface area contributed by atoms with Gasteiger partial charge in [0.1, 0.15) is 0 Å². The Morgan fingerprint density at radius 1 is 1.14 bits per heavy atom. The van der Waals surface area contributed by atoms with Crippen LogP contribution in [0.3, 0.4) is 0 Å². The lowest BCUT2D eigenvalue weighted by Crippen LogP contribution is -2.43. The molecule has 0 spiro atoms. The van der Waals surface area contributed by atoms with Crippen LogP contribution in [0, 0.1) is 0 Å². The molecule has 0 amide bonds. The Labute approximate surface area is 139 Å². The van der Waals surface area contributed by atoms with Gasteiger partial charge in [0.2, 0.25) is 11.9 Å². The zero-order valence-corrected chi connectivity index (χ0v) is 13.8.